The molecule has 0 saturated carbocycles. The highest BCUT2D eigenvalue weighted by Gasteiger charge is 2.07. The number of nitrogens with zero attached hydrogens (tertiary/aromatic N) is 1. The van der Waals surface area contributed by atoms with E-state index >= 15 is 0 Å². The standard InChI is InChI=1S/C12H19ClN2O2/c1-9(2)8-16-5-6-17-12-11(13)10(7-14)3-4-15-12/h3-4,9H,5-8,14H2,1-2H3. The lowest BCUT2D eigenvalue weighted by Gasteiger charge is -2.10. The van der Waals surface area contributed by atoms with Gasteiger partial charge >= 0.3 is 0 Å². The lowest BCUT2D eigenvalue weighted by molar-refractivity contribution is 0.0806. The smallest absolute Gasteiger partial charge is 0.232 e. The monoisotopic (exact) mass is 258 g/mol. The quantitative estimate of drug-likeness (QED) is 0.762. The van der Waals surface area contributed by atoms with E-state index in [1.54, 1.807) is 12.3 Å². The molecular weight excluding hydrogens is 240 g/mol. The summed E-state index contributed by atoms with van der Waals surface area (Å²) in [5.74, 6) is 0.944. The molecule has 96 valence electrons. The zero-order valence-electron chi connectivity index (χ0n) is 10.3. The zero-order chi connectivity index (χ0) is 12.7. The number of hydrogen-bond donors (Lipinski definition) is 1. The molecule has 17 heavy (non-hydrogen) atoms. The maximum Gasteiger partial charge on any atom is 0.232 e. The van der Waals surface area contributed by atoms with Crippen LogP contribution in [0.1, 0.15) is 19.4 Å². The van der Waals surface area contributed by atoms with E-state index in [0.29, 0.717) is 36.6 Å². The van der Waals surface area contributed by atoms with Gasteiger partial charge in [0.25, 0.3) is 0 Å². The van der Waals surface area contributed by atoms with Crippen molar-refractivity contribution < 1.29 is 9.47 Å². The molecule has 1 aromatic rings. The van der Waals surface area contributed by atoms with Crippen molar-refractivity contribution in [2.24, 2.45) is 11.7 Å². The summed E-state index contributed by atoms with van der Waals surface area (Å²) in [7, 11) is 0. The van der Waals surface area contributed by atoms with Crippen LogP contribution < -0.4 is 10.5 Å². The molecular formula is C12H19ClN2O2. The van der Waals surface area contributed by atoms with Gasteiger partial charge in [-0.05, 0) is 17.5 Å². The minimum absolute atomic E-state index is 0.377. The van der Waals surface area contributed by atoms with E-state index in [0.717, 1.165) is 12.2 Å². The third-order valence-corrected chi connectivity index (χ3v) is 2.48. The van der Waals surface area contributed by atoms with Crippen LogP contribution in [0.4, 0.5) is 0 Å². The summed E-state index contributed by atoms with van der Waals surface area (Å²) in [5.41, 5.74) is 6.37. The van der Waals surface area contributed by atoms with Crippen molar-refractivity contribution in [1.82, 2.24) is 4.98 Å². The van der Waals surface area contributed by atoms with Crippen molar-refractivity contribution in [2.75, 3.05) is 19.8 Å². The maximum atomic E-state index is 6.06. The fourth-order valence-corrected chi connectivity index (χ4v) is 1.48. The largest absolute Gasteiger partial charge is 0.474 e. The molecule has 0 aromatic carbocycles. The van der Waals surface area contributed by atoms with Crippen molar-refractivity contribution in [1.29, 1.82) is 0 Å². The first-order chi connectivity index (χ1) is 8.15. The summed E-state index contributed by atoms with van der Waals surface area (Å²) in [6.45, 7) is 6.28. The van der Waals surface area contributed by atoms with Crippen molar-refractivity contribution in [2.45, 2.75) is 20.4 Å². The Morgan fingerprint density at radius 3 is 2.82 bits per heavy atom. The van der Waals surface area contributed by atoms with E-state index in [-0.39, 0.29) is 0 Å². The van der Waals surface area contributed by atoms with Crippen molar-refractivity contribution >= 4 is 11.6 Å². The van der Waals surface area contributed by atoms with E-state index in [2.05, 4.69) is 18.8 Å². The summed E-state index contributed by atoms with van der Waals surface area (Å²) in [4.78, 5) is 4.05. The summed E-state index contributed by atoms with van der Waals surface area (Å²) in [6.07, 6.45) is 1.64. The number of hydrogen-bond acceptors (Lipinski definition) is 4. The van der Waals surface area contributed by atoms with Crippen LogP contribution in [-0.2, 0) is 11.3 Å². The molecule has 0 aliphatic carbocycles. The molecule has 1 aromatic heterocycles. The number of aromatic nitrogens is 1. The predicted molar refractivity (Wildman–Crippen MR) is 68.3 cm³/mol. The van der Waals surface area contributed by atoms with Gasteiger partial charge in [0.2, 0.25) is 5.88 Å². The van der Waals surface area contributed by atoms with Crippen LogP contribution in [0.3, 0.4) is 0 Å². The molecule has 0 bridgehead atoms. The van der Waals surface area contributed by atoms with E-state index in [1.807, 2.05) is 0 Å². The van der Waals surface area contributed by atoms with Crippen LogP contribution in [0.15, 0.2) is 12.3 Å². The molecule has 0 aliphatic heterocycles. The first kappa shape index (κ1) is 14.2. The Labute approximate surface area is 107 Å². The highest BCUT2D eigenvalue weighted by Crippen LogP contribution is 2.24. The van der Waals surface area contributed by atoms with Crippen LogP contribution in [0.5, 0.6) is 5.88 Å². The molecule has 2 N–H and O–H groups in total. The number of pyridine rings is 1. The Bertz CT molecular complexity index is 345. The molecule has 5 heteroatoms. The lowest BCUT2D eigenvalue weighted by Crippen LogP contribution is -2.11. The maximum absolute atomic E-state index is 6.06. The number of halogens is 1. The molecule has 4 nitrogen and oxygen atoms in total. The van der Waals surface area contributed by atoms with Gasteiger partial charge in [-0.1, -0.05) is 25.4 Å². The van der Waals surface area contributed by atoms with Gasteiger partial charge in [-0.3, -0.25) is 0 Å². The number of ether oxygens (including phenoxy) is 2. The summed E-state index contributed by atoms with van der Waals surface area (Å²) >= 11 is 6.06. The number of nitrogens with two attached hydrogens (primary N) is 1. The minimum atomic E-state index is 0.377. The molecule has 0 unspecified atom stereocenters. The van der Waals surface area contributed by atoms with Gasteiger partial charge in [-0.25, -0.2) is 4.98 Å². The second kappa shape index (κ2) is 7.48. The summed E-state index contributed by atoms with van der Waals surface area (Å²) in [6, 6.07) is 1.78. The van der Waals surface area contributed by atoms with Crippen LogP contribution in [-0.4, -0.2) is 24.8 Å². The summed E-state index contributed by atoms with van der Waals surface area (Å²) in [5, 5.41) is 0.485. The molecule has 0 radical (unpaired) electrons. The average molecular weight is 259 g/mol. The average Bonchev–Trinajstić information content (AvgIpc) is 2.30. The third-order valence-electron chi connectivity index (χ3n) is 2.07. The Kier molecular flexibility index (Phi) is 6.26. The Balaban J connectivity index is 2.36. The molecule has 0 atom stereocenters. The Morgan fingerprint density at radius 1 is 1.41 bits per heavy atom. The highest BCUT2D eigenvalue weighted by molar-refractivity contribution is 6.32. The molecule has 1 rings (SSSR count). The van der Waals surface area contributed by atoms with E-state index in [9.17, 15) is 0 Å². The Morgan fingerprint density at radius 2 is 2.18 bits per heavy atom. The molecule has 0 amide bonds. The van der Waals surface area contributed by atoms with Gasteiger partial charge in [0.1, 0.15) is 11.6 Å². The van der Waals surface area contributed by atoms with Crippen LogP contribution >= 0.6 is 11.6 Å². The second-order valence-electron chi connectivity index (χ2n) is 4.11. The van der Waals surface area contributed by atoms with Gasteiger partial charge < -0.3 is 15.2 Å². The molecule has 1 heterocycles. The van der Waals surface area contributed by atoms with Gasteiger partial charge in [-0.15, -0.1) is 0 Å². The third kappa shape index (κ3) is 4.89. The van der Waals surface area contributed by atoms with E-state index in [1.165, 1.54) is 0 Å². The molecule has 0 aliphatic rings. The van der Waals surface area contributed by atoms with Gasteiger partial charge in [0, 0.05) is 19.3 Å². The first-order valence-electron chi connectivity index (χ1n) is 5.69. The number of rotatable bonds is 7. The van der Waals surface area contributed by atoms with E-state index in [4.69, 9.17) is 26.8 Å². The van der Waals surface area contributed by atoms with Crippen molar-refractivity contribution in [3.8, 4) is 5.88 Å². The van der Waals surface area contributed by atoms with Crippen LogP contribution in [0.25, 0.3) is 0 Å². The molecule has 0 saturated heterocycles. The van der Waals surface area contributed by atoms with Crippen LogP contribution in [0.2, 0.25) is 5.02 Å². The zero-order valence-corrected chi connectivity index (χ0v) is 11.0. The second-order valence-corrected chi connectivity index (χ2v) is 4.49. The lowest BCUT2D eigenvalue weighted by atomic mass is 10.2. The Hall–Kier alpha value is -0.840. The highest BCUT2D eigenvalue weighted by atomic mass is 35.5. The van der Waals surface area contributed by atoms with E-state index < -0.39 is 0 Å². The van der Waals surface area contributed by atoms with Crippen molar-refractivity contribution in [3.63, 3.8) is 0 Å². The van der Waals surface area contributed by atoms with Gasteiger partial charge in [0.15, 0.2) is 0 Å². The fourth-order valence-electron chi connectivity index (χ4n) is 1.24. The predicted octanol–water partition coefficient (Wildman–Crippen LogP) is 2.25. The molecule has 0 fully saturated rings. The van der Waals surface area contributed by atoms with Crippen molar-refractivity contribution in [3.05, 3.63) is 22.8 Å². The minimum Gasteiger partial charge on any atom is -0.474 e. The van der Waals surface area contributed by atoms with Gasteiger partial charge in [0.05, 0.1) is 6.61 Å². The van der Waals surface area contributed by atoms with Gasteiger partial charge in [-0.2, -0.15) is 0 Å². The summed E-state index contributed by atoms with van der Waals surface area (Å²) < 4.78 is 10.8. The molecule has 0 spiro atoms. The van der Waals surface area contributed by atoms with Crippen LogP contribution in [0, 0.1) is 5.92 Å². The fraction of sp³-hybridized carbons (Fsp3) is 0.583. The first-order valence-corrected chi connectivity index (χ1v) is 6.07. The normalized spacial score (nSPS) is 10.9. The topological polar surface area (TPSA) is 57.4 Å². The SMILES string of the molecule is CC(C)COCCOc1nccc(CN)c1Cl.